The minimum Gasteiger partial charge on any atom is -0.452 e. The summed E-state index contributed by atoms with van der Waals surface area (Å²) in [5, 5.41) is 7.99. The third-order valence-corrected chi connectivity index (χ3v) is 5.21. The zero-order valence-electron chi connectivity index (χ0n) is 17.0. The van der Waals surface area contributed by atoms with Gasteiger partial charge >= 0.3 is 5.97 Å². The second-order valence-electron chi connectivity index (χ2n) is 7.92. The summed E-state index contributed by atoms with van der Waals surface area (Å²) in [5.74, 6) is -0.759. The summed E-state index contributed by atoms with van der Waals surface area (Å²) in [6.45, 7) is 5.58. The molecule has 1 aliphatic rings. The second-order valence-corrected chi connectivity index (χ2v) is 7.92. The van der Waals surface area contributed by atoms with Crippen molar-refractivity contribution in [2.75, 3.05) is 6.61 Å². The summed E-state index contributed by atoms with van der Waals surface area (Å²) < 4.78 is 7.08. The molecular formula is C21H30N4O3. The Bertz CT molecular complexity index is 836. The minimum atomic E-state index is -0.522. The summed E-state index contributed by atoms with van der Waals surface area (Å²) in [6.07, 6.45) is 9.64. The first kappa shape index (κ1) is 20.3. The molecule has 0 unspecified atom stereocenters. The van der Waals surface area contributed by atoms with Gasteiger partial charge in [0.1, 0.15) is 0 Å². The number of fused-ring (bicyclic) bond motifs is 1. The molecule has 0 saturated heterocycles. The number of esters is 1. The van der Waals surface area contributed by atoms with Gasteiger partial charge in [-0.05, 0) is 39.7 Å². The molecule has 0 aromatic carbocycles. The third-order valence-electron chi connectivity index (χ3n) is 5.21. The lowest BCUT2D eigenvalue weighted by molar-refractivity contribution is -0.125. The number of hydrogen-bond donors (Lipinski definition) is 1. The Labute approximate surface area is 165 Å². The molecule has 1 amide bonds. The van der Waals surface area contributed by atoms with Crippen LogP contribution in [0.2, 0.25) is 0 Å². The highest BCUT2D eigenvalue weighted by Crippen LogP contribution is 2.22. The first-order chi connectivity index (χ1) is 13.5. The van der Waals surface area contributed by atoms with Crippen LogP contribution >= 0.6 is 0 Å². The van der Waals surface area contributed by atoms with E-state index in [-0.39, 0.29) is 24.6 Å². The van der Waals surface area contributed by atoms with Crippen molar-refractivity contribution in [3.05, 3.63) is 23.5 Å². The van der Waals surface area contributed by atoms with Crippen molar-refractivity contribution in [2.45, 2.75) is 77.8 Å². The number of aromatic nitrogens is 3. The molecule has 0 radical (unpaired) electrons. The van der Waals surface area contributed by atoms with Gasteiger partial charge in [-0.25, -0.2) is 14.5 Å². The van der Waals surface area contributed by atoms with Gasteiger partial charge in [-0.15, -0.1) is 0 Å². The quantitative estimate of drug-likeness (QED) is 0.792. The predicted molar refractivity (Wildman–Crippen MR) is 107 cm³/mol. The van der Waals surface area contributed by atoms with Crippen LogP contribution in [0.4, 0.5) is 0 Å². The Morgan fingerprint density at radius 3 is 2.57 bits per heavy atom. The lowest BCUT2D eigenvalue weighted by Crippen LogP contribution is -2.38. The SMILES string of the molecule is Cc1cc(C(=O)OCC(=O)NC2CCCCCCC2)c2cnn(C(C)C)c2n1. The van der Waals surface area contributed by atoms with E-state index in [0.29, 0.717) is 22.3 Å². The van der Waals surface area contributed by atoms with E-state index in [1.54, 1.807) is 16.9 Å². The highest BCUT2D eigenvalue weighted by atomic mass is 16.5. The van der Waals surface area contributed by atoms with Gasteiger partial charge in [0, 0.05) is 17.8 Å². The average molecular weight is 386 g/mol. The Morgan fingerprint density at radius 1 is 1.21 bits per heavy atom. The molecule has 7 heteroatoms. The lowest BCUT2D eigenvalue weighted by Gasteiger charge is -2.20. The van der Waals surface area contributed by atoms with Gasteiger partial charge in [-0.2, -0.15) is 5.10 Å². The van der Waals surface area contributed by atoms with Crippen LogP contribution in [-0.4, -0.2) is 39.3 Å². The first-order valence-electron chi connectivity index (χ1n) is 10.3. The van der Waals surface area contributed by atoms with Crippen molar-refractivity contribution in [1.82, 2.24) is 20.1 Å². The number of ether oxygens (including phenoxy) is 1. The van der Waals surface area contributed by atoms with Gasteiger partial charge in [0.15, 0.2) is 12.3 Å². The number of nitrogens with zero attached hydrogens (tertiary/aromatic N) is 3. The Morgan fingerprint density at radius 2 is 1.89 bits per heavy atom. The monoisotopic (exact) mass is 386 g/mol. The van der Waals surface area contributed by atoms with Crippen LogP contribution in [-0.2, 0) is 9.53 Å². The Hall–Kier alpha value is -2.44. The minimum absolute atomic E-state index is 0.130. The van der Waals surface area contributed by atoms with Gasteiger partial charge in [0.05, 0.1) is 17.1 Å². The van der Waals surface area contributed by atoms with Crippen molar-refractivity contribution < 1.29 is 14.3 Å². The molecule has 7 nitrogen and oxygen atoms in total. The van der Waals surface area contributed by atoms with Gasteiger partial charge in [0.25, 0.3) is 5.91 Å². The van der Waals surface area contributed by atoms with Crippen molar-refractivity contribution in [3.8, 4) is 0 Å². The van der Waals surface area contributed by atoms with Crippen molar-refractivity contribution in [3.63, 3.8) is 0 Å². The van der Waals surface area contributed by atoms with Crippen LogP contribution in [0.3, 0.4) is 0 Å². The highest BCUT2D eigenvalue weighted by Gasteiger charge is 2.20. The van der Waals surface area contributed by atoms with Crippen molar-refractivity contribution in [2.24, 2.45) is 0 Å². The van der Waals surface area contributed by atoms with E-state index in [2.05, 4.69) is 15.4 Å². The number of carbonyl (C=O) groups is 2. The Balaban J connectivity index is 1.64. The first-order valence-corrected chi connectivity index (χ1v) is 10.3. The number of nitrogens with one attached hydrogen (secondary N) is 1. The maximum atomic E-state index is 12.6. The van der Waals surface area contributed by atoms with Gasteiger partial charge in [-0.3, -0.25) is 4.79 Å². The zero-order chi connectivity index (χ0) is 20.1. The van der Waals surface area contributed by atoms with Gasteiger partial charge in [0.2, 0.25) is 0 Å². The van der Waals surface area contributed by atoms with Crippen molar-refractivity contribution >= 4 is 22.9 Å². The van der Waals surface area contributed by atoms with E-state index in [9.17, 15) is 9.59 Å². The van der Waals surface area contributed by atoms with Gasteiger partial charge in [-0.1, -0.05) is 32.1 Å². The molecule has 0 spiro atoms. The molecule has 0 aliphatic heterocycles. The van der Waals surface area contributed by atoms with E-state index < -0.39 is 5.97 Å². The summed E-state index contributed by atoms with van der Waals surface area (Å²) >= 11 is 0. The standard InChI is InChI=1S/C21H30N4O3/c1-14(2)25-20-18(12-22-25)17(11-15(3)23-20)21(27)28-13-19(26)24-16-9-7-5-4-6-8-10-16/h11-12,14,16H,4-10,13H2,1-3H3,(H,24,26). The van der Waals surface area contributed by atoms with E-state index in [1.807, 2.05) is 20.8 Å². The number of amides is 1. The Kier molecular flexibility index (Phi) is 6.65. The van der Waals surface area contributed by atoms with Crippen LogP contribution in [0.25, 0.3) is 11.0 Å². The van der Waals surface area contributed by atoms with E-state index >= 15 is 0 Å². The number of rotatable bonds is 5. The molecule has 28 heavy (non-hydrogen) atoms. The van der Waals surface area contributed by atoms with Crippen LogP contribution in [0.1, 0.15) is 80.9 Å². The van der Waals surface area contributed by atoms with Gasteiger partial charge < -0.3 is 10.1 Å². The van der Waals surface area contributed by atoms with Crippen LogP contribution in [0.5, 0.6) is 0 Å². The summed E-state index contributed by atoms with van der Waals surface area (Å²) in [5.41, 5.74) is 1.76. The molecule has 0 atom stereocenters. The number of hydrogen-bond acceptors (Lipinski definition) is 5. The largest absolute Gasteiger partial charge is 0.452 e. The summed E-state index contributed by atoms with van der Waals surface area (Å²) in [6, 6.07) is 2.00. The van der Waals surface area contributed by atoms with E-state index in [0.717, 1.165) is 25.7 Å². The molecule has 1 aliphatic carbocycles. The maximum Gasteiger partial charge on any atom is 0.339 e. The fourth-order valence-corrected chi connectivity index (χ4v) is 3.77. The molecular weight excluding hydrogens is 356 g/mol. The fraction of sp³-hybridized carbons (Fsp3) is 0.619. The summed E-state index contributed by atoms with van der Waals surface area (Å²) in [7, 11) is 0. The lowest BCUT2D eigenvalue weighted by atomic mass is 9.97. The molecule has 2 aromatic heterocycles. The fourth-order valence-electron chi connectivity index (χ4n) is 3.77. The number of carbonyl (C=O) groups excluding carboxylic acids is 2. The third kappa shape index (κ3) is 4.88. The van der Waals surface area contributed by atoms with Crippen LogP contribution in [0.15, 0.2) is 12.3 Å². The second kappa shape index (κ2) is 9.17. The smallest absolute Gasteiger partial charge is 0.339 e. The van der Waals surface area contributed by atoms with Crippen LogP contribution < -0.4 is 5.32 Å². The predicted octanol–water partition coefficient (Wildman–Crippen LogP) is 3.71. The molecule has 152 valence electrons. The highest BCUT2D eigenvalue weighted by molar-refractivity contribution is 6.03. The molecule has 0 bridgehead atoms. The summed E-state index contributed by atoms with van der Waals surface area (Å²) in [4.78, 5) is 29.4. The molecule has 1 saturated carbocycles. The topological polar surface area (TPSA) is 86.1 Å². The number of pyridine rings is 1. The molecule has 2 aromatic rings. The zero-order valence-corrected chi connectivity index (χ0v) is 17.0. The van der Waals surface area contributed by atoms with Crippen LogP contribution in [0, 0.1) is 6.92 Å². The van der Waals surface area contributed by atoms with E-state index in [4.69, 9.17) is 4.74 Å². The van der Waals surface area contributed by atoms with Crippen molar-refractivity contribution in [1.29, 1.82) is 0 Å². The molecule has 2 heterocycles. The maximum absolute atomic E-state index is 12.6. The molecule has 1 fully saturated rings. The molecule has 3 rings (SSSR count). The average Bonchev–Trinajstić information content (AvgIpc) is 3.05. The normalized spacial score (nSPS) is 16.0. The van der Waals surface area contributed by atoms with E-state index in [1.165, 1.54) is 19.3 Å². The number of aryl methyl sites for hydroxylation is 1. The molecule has 1 N–H and O–H groups in total.